The van der Waals surface area contributed by atoms with E-state index >= 15 is 0 Å². The summed E-state index contributed by atoms with van der Waals surface area (Å²) in [6.07, 6.45) is 3.82. The topological polar surface area (TPSA) is 69.6 Å². The molecule has 0 aliphatic heterocycles. The summed E-state index contributed by atoms with van der Waals surface area (Å²) in [6.45, 7) is 6.06. The number of aliphatic carboxylic acids is 1. The lowest BCUT2D eigenvalue weighted by molar-refractivity contribution is -0.137. The summed E-state index contributed by atoms with van der Waals surface area (Å²) >= 11 is 0. The van der Waals surface area contributed by atoms with Crippen LogP contribution >= 0.6 is 0 Å². The largest absolute Gasteiger partial charge is 0.480 e. The zero-order valence-corrected chi connectivity index (χ0v) is 11.5. The third-order valence-electron chi connectivity index (χ3n) is 3.10. The van der Waals surface area contributed by atoms with Gasteiger partial charge >= 0.3 is 12.0 Å². The molecule has 1 aliphatic rings. The van der Waals surface area contributed by atoms with Crippen molar-refractivity contribution in [3.63, 3.8) is 0 Å². The van der Waals surface area contributed by atoms with E-state index in [1.54, 1.807) is 0 Å². The lowest BCUT2D eigenvalue weighted by Gasteiger charge is -2.23. The first kappa shape index (κ1) is 14.8. The van der Waals surface area contributed by atoms with E-state index in [1.807, 2.05) is 6.92 Å². The molecule has 0 aromatic heterocycles. The maximum Gasteiger partial charge on any atom is 0.323 e. The second kappa shape index (κ2) is 6.61. The number of nitrogens with zero attached hydrogens (tertiary/aromatic N) is 1. The van der Waals surface area contributed by atoms with Crippen molar-refractivity contribution >= 4 is 12.0 Å². The third kappa shape index (κ3) is 5.38. The molecule has 1 saturated carbocycles. The highest BCUT2D eigenvalue weighted by molar-refractivity contribution is 5.80. The number of nitrogens with one attached hydrogen (secondary N) is 1. The monoisotopic (exact) mass is 256 g/mol. The van der Waals surface area contributed by atoms with Gasteiger partial charge in [0.25, 0.3) is 0 Å². The van der Waals surface area contributed by atoms with Crippen molar-refractivity contribution in [2.45, 2.75) is 58.5 Å². The first-order chi connectivity index (χ1) is 8.40. The van der Waals surface area contributed by atoms with E-state index in [1.165, 1.54) is 4.90 Å². The normalized spacial score (nSPS) is 16.4. The van der Waals surface area contributed by atoms with Crippen molar-refractivity contribution < 1.29 is 14.7 Å². The standard InChI is InChI=1S/C13H24N2O3/c1-9(2)4-5-10(3)14-13(18)15(8-12(16)17)11-6-7-11/h9-11H,4-8H2,1-3H3,(H,14,18)(H,16,17). The molecule has 5 nitrogen and oxygen atoms in total. The number of hydrogen-bond donors (Lipinski definition) is 2. The van der Waals surface area contributed by atoms with Gasteiger partial charge in [-0.25, -0.2) is 4.79 Å². The van der Waals surface area contributed by atoms with Crippen molar-refractivity contribution in [1.82, 2.24) is 10.2 Å². The first-order valence-corrected chi connectivity index (χ1v) is 6.69. The summed E-state index contributed by atoms with van der Waals surface area (Å²) in [4.78, 5) is 24.1. The Balaban J connectivity index is 2.38. The van der Waals surface area contributed by atoms with Crippen molar-refractivity contribution in [3.05, 3.63) is 0 Å². The number of carboxylic acid groups (broad SMARTS) is 1. The zero-order chi connectivity index (χ0) is 13.7. The molecule has 0 aromatic rings. The van der Waals surface area contributed by atoms with E-state index in [-0.39, 0.29) is 24.7 Å². The van der Waals surface area contributed by atoms with Crippen LogP contribution in [0, 0.1) is 5.92 Å². The minimum Gasteiger partial charge on any atom is -0.480 e. The summed E-state index contributed by atoms with van der Waals surface area (Å²) in [5.41, 5.74) is 0. The van der Waals surface area contributed by atoms with Crippen LogP contribution in [0.4, 0.5) is 4.79 Å². The highest BCUT2D eigenvalue weighted by Crippen LogP contribution is 2.26. The Kier molecular flexibility index (Phi) is 5.44. The van der Waals surface area contributed by atoms with Gasteiger partial charge in [0.2, 0.25) is 0 Å². The Morgan fingerprint density at radius 2 is 1.89 bits per heavy atom. The van der Waals surface area contributed by atoms with Crippen molar-refractivity contribution in [2.24, 2.45) is 5.92 Å². The summed E-state index contributed by atoms with van der Waals surface area (Å²) in [7, 11) is 0. The van der Waals surface area contributed by atoms with Gasteiger partial charge in [0.1, 0.15) is 6.54 Å². The van der Waals surface area contributed by atoms with E-state index in [0.29, 0.717) is 5.92 Å². The first-order valence-electron chi connectivity index (χ1n) is 6.69. The van der Waals surface area contributed by atoms with Gasteiger partial charge in [-0.1, -0.05) is 13.8 Å². The summed E-state index contributed by atoms with van der Waals surface area (Å²) in [5.74, 6) is -0.338. The van der Waals surface area contributed by atoms with Crippen LogP contribution in [-0.4, -0.2) is 40.6 Å². The third-order valence-corrected chi connectivity index (χ3v) is 3.10. The van der Waals surface area contributed by atoms with Crippen LogP contribution in [-0.2, 0) is 4.79 Å². The molecule has 1 rings (SSSR count). The minimum absolute atomic E-state index is 0.0925. The Labute approximate surface area is 109 Å². The SMILES string of the molecule is CC(C)CCC(C)NC(=O)N(CC(=O)O)C1CC1. The molecule has 0 spiro atoms. The smallest absolute Gasteiger partial charge is 0.323 e. The Morgan fingerprint density at radius 1 is 1.28 bits per heavy atom. The van der Waals surface area contributed by atoms with Gasteiger partial charge < -0.3 is 15.3 Å². The fourth-order valence-corrected chi connectivity index (χ4v) is 1.85. The molecule has 18 heavy (non-hydrogen) atoms. The molecule has 2 N–H and O–H groups in total. The lowest BCUT2D eigenvalue weighted by Crippen LogP contribution is -2.47. The predicted molar refractivity (Wildman–Crippen MR) is 69.4 cm³/mol. The Hall–Kier alpha value is -1.26. The van der Waals surface area contributed by atoms with Crippen LogP contribution in [0.3, 0.4) is 0 Å². The van der Waals surface area contributed by atoms with Crippen LogP contribution < -0.4 is 5.32 Å². The number of carboxylic acids is 1. The molecule has 0 aromatic carbocycles. The summed E-state index contributed by atoms with van der Waals surface area (Å²) < 4.78 is 0. The van der Waals surface area contributed by atoms with Crippen molar-refractivity contribution in [3.8, 4) is 0 Å². The molecule has 0 heterocycles. The number of hydrogen-bond acceptors (Lipinski definition) is 2. The number of urea groups is 1. The van der Waals surface area contributed by atoms with E-state index < -0.39 is 5.97 Å². The van der Waals surface area contributed by atoms with Gasteiger partial charge in [-0.05, 0) is 38.5 Å². The zero-order valence-electron chi connectivity index (χ0n) is 11.5. The molecule has 0 saturated heterocycles. The van der Waals surface area contributed by atoms with Gasteiger partial charge in [0.15, 0.2) is 0 Å². The second-order valence-corrected chi connectivity index (χ2v) is 5.57. The van der Waals surface area contributed by atoms with E-state index in [9.17, 15) is 9.59 Å². The average Bonchev–Trinajstić information content (AvgIpc) is 3.06. The fraction of sp³-hybridized carbons (Fsp3) is 0.846. The molecule has 104 valence electrons. The molecule has 0 radical (unpaired) electrons. The maximum absolute atomic E-state index is 12.0. The number of carbonyl (C=O) groups is 2. The Morgan fingerprint density at radius 3 is 2.33 bits per heavy atom. The molecule has 2 amide bonds. The van der Waals surface area contributed by atoms with Crippen LogP contribution in [0.25, 0.3) is 0 Å². The summed E-state index contributed by atoms with van der Waals surface area (Å²) in [5, 5.41) is 11.7. The minimum atomic E-state index is -0.952. The molecule has 0 bridgehead atoms. The van der Waals surface area contributed by atoms with Crippen molar-refractivity contribution in [2.75, 3.05) is 6.54 Å². The highest BCUT2D eigenvalue weighted by atomic mass is 16.4. The number of carbonyl (C=O) groups excluding carboxylic acids is 1. The van der Waals surface area contributed by atoms with Crippen LogP contribution in [0.2, 0.25) is 0 Å². The van der Waals surface area contributed by atoms with Gasteiger partial charge in [-0.3, -0.25) is 4.79 Å². The molecular formula is C13H24N2O3. The van der Waals surface area contributed by atoms with Crippen LogP contribution in [0.1, 0.15) is 46.5 Å². The maximum atomic E-state index is 12.0. The van der Waals surface area contributed by atoms with E-state index in [4.69, 9.17) is 5.11 Å². The second-order valence-electron chi connectivity index (χ2n) is 5.57. The average molecular weight is 256 g/mol. The molecule has 5 heteroatoms. The molecule has 1 unspecified atom stereocenters. The predicted octanol–water partition coefficient (Wildman–Crippen LogP) is 2.07. The highest BCUT2D eigenvalue weighted by Gasteiger charge is 2.34. The lowest BCUT2D eigenvalue weighted by atomic mass is 10.0. The molecular weight excluding hydrogens is 232 g/mol. The van der Waals surface area contributed by atoms with E-state index in [0.717, 1.165) is 25.7 Å². The van der Waals surface area contributed by atoms with E-state index in [2.05, 4.69) is 19.2 Å². The van der Waals surface area contributed by atoms with Crippen LogP contribution in [0.15, 0.2) is 0 Å². The molecule has 1 atom stereocenters. The van der Waals surface area contributed by atoms with Gasteiger partial charge in [-0.15, -0.1) is 0 Å². The summed E-state index contributed by atoms with van der Waals surface area (Å²) in [6, 6.07) is -0.0236. The van der Waals surface area contributed by atoms with Crippen molar-refractivity contribution in [1.29, 1.82) is 0 Å². The fourth-order valence-electron chi connectivity index (χ4n) is 1.85. The van der Waals surface area contributed by atoms with Gasteiger partial charge in [0, 0.05) is 12.1 Å². The quantitative estimate of drug-likeness (QED) is 0.732. The van der Waals surface area contributed by atoms with Gasteiger partial charge in [0.05, 0.1) is 0 Å². The van der Waals surface area contributed by atoms with Gasteiger partial charge in [-0.2, -0.15) is 0 Å². The number of amides is 2. The molecule has 1 aliphatic carbocycles. The molecule has 1 fully saturated rings. The Bertz CT molecular complexity index is 301. The number of rotatable bonds is 7. The van der Waals surface area contributed by atoms with Crippen LogP contribution in [0.5, 0.6) is 0 Å².